The van der Waals surface area contributed by atoms with Crippen molar-refractivity contribution in [3.8, 4) is 22.8 Å². The number of likely N-dealkylation sites (N-methyl/N-ethyl adjacent to an activating group) is 1. The molecule has 5 rings (SSSR count). The van der Waals surface area contributed by atoms with E-state index in [0.717, 1.165) is 60.7 Å². The molecule has 0 radical (unpaired) electrons. The van der Waals surface area contributed by atoms with Gasteiger partial charge in [-0.2, -0.15) is 5.10 Å². The number of halogens is 1. The van der Waals surface area contributed by atoms with E-state index in [2.05, 4.69) is 22.9 Å². The summed E-state index contributed by atoms with van der Waals surface area (Å²) in [6.07, 6.45) is 6.66. The highest BCUT2D eigenvalue weighted by Crippen LogP contribution is 2.33. The van der Waals surface area contributed by atoms with Gasteiger partial charge in [-0.25, -0.2) is 14.1 Å². The minimum atomic E-state index is -0.535. The van der Waals surface area contributed by atoms with Crippen LogP contribution in [0.4, 0.5) is 4.39 Å². The number of rotatable bonds is 8. The summed E-state index contributed by atoms with van der Waals surface area (Å²) in [7, 11) is 1.40. The van der Waals surface area contributed by atoms with Crippen LogP contribution < -0.4 is 4.74 Å². The van der Waals surface area contributed by atoms with Crippen molar-refractivity contribution >= 4 is 5.91 Å². The Morgan fingerprint density at radius 3 is 2.74 bits per heavy atom. The SMILES string of the molecule is CCCC(c1cc(-c2nn(-c3cnc(OC)c(F)c3)c3c2CCOCC3)ccn1)N1CCN(CC)C(=O)C1. The van der Waals surface area contributed by atoms with Crippen molar-refractivity contribution in [3.63, 3.8) is 0 Å². The van der Waals surface area contributed by atoms with Crippen molar-refractivity contribution in [1.29, 1.82) is 0 Å². The maximum Gasteiger partial charge on any atom is 0.250 e. The molecule has 1 amide bonds. The third-order valence-corrected chi connectivity index (χ3v) is 7.43. The molecule has 202 valence electrons. The summed E-state index contributed by atoms with van der Waals surface area (Å²) in [4.78, 5) is 25.7. The molecule has 0 saturated carbocycles. The summed E-state index contributed by atoms with van der Waals surface area (Å²) in [6, 6.07) is 5.52. The minimum absolute atomic E-state index is 0.0467. The Labute approximate surface area is 222 Å². The van der Waals surface area contributed by atoms with E-state index in [0.29, 0.717) is 38.3 Å². The molecule has 0 aliphatic carbocycles. The molecule has 0 bridgehead atoms. The molecule has 1 saturated heterocycles. The Hall–Kier alpha value is -3.37. The molecule has 3 aromatic rings. The Bertz CT molecular complexity index is 1300. The molecule has 0 N–H and O–H groups in total. The van der Waals surface area contributed by atoms with Crippen molar-refractivity contribution in [2.24, 2.45) is 0 Å². The lowest BCUT2D eigenvalue weighted by Crippen LogP contribution is -2.51. The zero-order valence-corrected chi connectivity index (χ0v) is 22.3. The summed E-state index contributed by atoms with van der Waals surface area (Å²) in [5, 5.41) is 4.97. The van der Waals surface area contributed by atoms with Gasteiger partial charge in [0.15, 0.2) is 5.82 Å². The smallest absolute Gasteiger partial charge is 0.250 e. The summed E-state index contributed by atoms with van der Waals surface area (Å²) >= 11 is 0. The van der Waals surface area contributed by atoms with Crippen LogP contribution in [0.2, 0.25) is 0 Å². The third kappa shape index (κ3) is 5.15. The molecule has 2 aliphatic heterocycles. The maximum atomic E-state index is 14.6. The lowest BCUT2D eigenvalue weighted by Gasteiger charge is -2.38. The third-order valence-electron chi connectivity index (χ3n) is 7.43. The summed E-state index contributed by atoms with van der Waals surface area (Å²) in [6.45, 7) is 8.05. The van der Waals surface area contributed by atoms with Crippen LogP contribution >= 0.6 is 0 Å². The van der Waals surface area contributed by atoms with E-state index in [-0.39, 0.29) is 17.8 Å². The first-order valence-electron chi connectivity index (χ1n) is 13.4. The molecule has 1 fully saturated rings. The van der Waals surface area contributed by atoms with E-state index in [4.69, 9.17) is 19.6 Å². The lowest BCUT2D eigenvalue weighted by molar-refractivity contribution is -0.137. The molecule has 0 spiro atoms. The number of nitrogens with zero attached hydrogens (tertiary/aromatic N) is 6. The van der Waals surface area contributed by atoms with Gasteiger partial charge in [-0.15, -0.1) is 0 Å². The highest BCUT2D eigenvalue weighted by molar-refractivity contribution is 5.79. The molecule has 38 heavy (non-hydrogen) atoms. The van der Waals surface area contributed by atoms with Crippen LogP contribution in [0.3, 0.4) is 0 Å². The van der Waals surface area contributed by atoms with Crippen molar-refractivity contribution in [3.05, 3.63) is 53.4 Å². The first-order valence-corrected chi connectivity index (χ1v) is 13.4. The van der Waals surface area contributed by atoms with Gasteiger partial charge >= 0.3 is 0 Å². The topological polar surface area (TPSA) is 85.6 Å². The Balaban J connectivity index is 1.53. The van der Waals surface area contributed by atoms with Gasteiger partial charge in [0.05, 0.1) is 61.9 Å². The fraction of sp³-hybridized carbons (Fsp3) is 0.500. The molecule has 5 heterocycles. The quantitative estimate of drug-likeness (QED) is 0.447. The second-order valence-corrected chi connectivity index (χ2v) is 9.70. The van der Waals surface area contributed by atoms with Crippen LogP contribution in [0.1, 0.15) is 49.7 Å². The molecule has 2 aliphatic rings. The predicted molar refractivity (Wildman–Crippen MR) is 141 cm³/mol. The number of amides is 1. The normalized spacial score (nSPS) is 17.3. The monoisotopic (exact) mass is 522 g/mol. The molecule has 3 aromatic heterocycles. The zero-order chi connectivity index (χ0) is 26.6. The average molecular weight is 523 g/mol. The highest BCUT2D eigenvalue weighted by Gasteiger charge is 2.30. The van der Waals surface area contributed by atoms with Crippen LogP contribution in [-0.2, 0) is 22.4 Å². The lowest BCUT2D eigenvalue weighted by atomic mass is 9.99. The summed E-state index contributed by atoms with van der Waals surface area (Å²) in [5.74, 6) is -0.415. The van der Waals surface area contributed by atoms with Crippen molar-refractivity contribution in [2.75, 3.05) is 46.5 Å². The van der Waals surface area contributed by atoms with Crippen LogP contribution in [0.15, 0.2) is 30.6 Å². The van der Waals surface area contributed by atoms with E-state index in [9.17, 15) is 9.18 Å². The molecule has 1 unspecified atom stereocenters. The van der Waals surface area contributed by atoms with Crippen LogP contribution in [0.25, 0.3) is 16.9 Å². The fourth-order valence-corrected chi connectivity index (χ4v) is 5.47. The summed E-state index contributed by atoms with van der Waals surface area (Å²) in [5.41, 5.74) is 5.36. The number of methoxy groups -OCH3 is 1. The summed E-state index contributed by atoms with van der Waals surface area (Å²) < 4.78 is 27.1. The van der Waals surface area contributed by atoms with Gasteiger partial charge in [0, 0.05) is 49.4 Å². The Morgan fingerprint density at radius 1 is 1.16 bits per heavy atom. The van der Waals surface area contributed by atoms with Gasteiger partial charge in [-0.05, 0) is 31.9 Å². The van der Waals surface area contributed by atoms with E-state index in [1.807, 2.05) is 24.1 Å². The van der Waals surface area contributed by atoms with E-state index in [1.54, 1.807) is 10.9 Å². The first-order chi connectivity index (χ1) is 18.5. The fourth-order valence-electron chi connectivity index (χ4n) is 5.47. The molecule has 1 atom stereocenters. The number of ether oxygens (including phenoxy) is 2. The van der Waals surface area contributed by atoms with Crippen LogP contribution in [0, 0.1) is 5.82 Å². The van der Waals surface area contributed by atoms with Gasteiger partial charge in [0.2, 0.25) is 11.8 Å². The largest absolute Gasteiger partial charge is 0.479 e. The number of hydrogen-bond donors (Lipinski definition) is 0. The van der Waals surface area contributed by atoms with Crippen molar-refractivity contribution in [1.82, 2.24) is 29.5 Å². The van der Waals surface area contributed by atoms with Crippen LogP contribution in [-0.4, -0.2) is 82.0 Å². The standard InChI is InChI=1S/C28H35FN6O3/c1-4-6-25(34-12-11-33(5-2)26(36)18-34)23-15-19(7-10-30-23)27-21-8-13-38-14-9-24(21)35(32-27)20-16-22(29)28(37-3)31-17-20/h7,10,15-17,25H,4-6,8-9,11-14,18H2,1-3H3. The van der Waals surface area contributed by atoms with E-state index < -0.39 is 5.82 Å². The maximum absolute atomic E-state index is 14.6. The van der Waals surface area contributed by atoms with Crippen molar-refractivity contribution in [2.45, 2.75) is 45.6 Å². The van der Waals surface area contributed by atoms with E-state index in [1.165, 1.54) is 13.2 Å². The number of carbonyl (C=O) groups excluding carboxylic acids is 1. The highest BCUT2D eigenvalue weighted by atomic mass is 19.1. The van der Waals surface area contributed by atoms with E-state index >= 15 is 0 Å². The van der Waals surface area contributed by atoms with Crippen molar-refractivity contribution < 1.29 is 18.7 Å². The molecular weight excluding hydrogens is 487 g/mol. The van der Waals surface area contributed by atoms with Gasteiger partial charge in [-0.1, -0.05) is 13.3 Å². The minimum Gasteiger partial charge on any atom is -0.479 e. The molecule has 10 heteroatoms. The van der Waals surface area contributed by atoms with Gasteiger partial charge in [0.1, 0.15) is 0 Å². The van der Waals surface area contributed by atoms with Gasteiger partial charge < -0.3 is 14.4 Å². The number of pyridine rings is 2. The van der Waals surface area contributed by atoms with Crippen LogP contribution in [0.5, 0.6) is 5.88 Å². The number of fused-ring (bicyclic) bond motifs is 1. The second kappa shape index (κ2) is 11.6. The number of piperazine rings is 1. The second-order valence-electron chi connectivity index (χ2n) is 9.70. The number of aromatic nitrogens is 4. The van der Waals surface area contributed by atoms with Gasteiger partial charge in [-0.3, -0.25) is 14.7 Å². The molecular formula is C28H35FN6O3. The average Bonchev–Trinajstić information content (AvgIpc) is 3.12. The Morgan fingerprint density at radius 2 is 2.00 bits per heavy atom. The predicted octanol–water partition coefficient (Wildman–Crippen LogP) is 3.60. The number of hydrogen-bond acceptors (Lipinski definition) is 7. The Kier molecular flexibility index (Phi) is 7.99. The molecule has 9 nitrogen and oxygen atoms in total. The molecule has 0 aromatic carbocycles. The zero-order valence-electron chi connectivity index (χ0n) is 22.3. The number of carbonyl (C=O) groups is 1. The first kappa shape index (κ1) is 26.2. The van der Waals surface area contributed by atoms with Gasteiger partial charge in [0.25, 0.3) is 0 Å².